The van der Waals surface area contributed by atoms with E-state index < -0.39 is 0 Å². The molecule has 138 valence electrons. The average molecular weight is 362 g/mol. The van der Waals surface area contributed by atoms with Crippen LogP contribution in [0.1, 0.15) is 16.8 Å². The monoisotopic (exact) mass is 362 g/mol. The molecular formula is C21H22N4O2. The second-order valence-electron chi connectivity index (χ2n) is 6.64. The molecule has 27 heavy (non-hydrogen) atoms. The van der Waals surface area contributed by atoms with Gasteiger partial charge in [-0.25, -0.2) is 4.98 Å². The van der Waals surface area contributed by atoms with Crippen molar-refractivity contribution < 1.29 is 9.47 Å². The van der Waals surface area contributed by atoms with Gasteiger partial charge in [-0.1, -0.05) is 12.1 Å². The van der Waals surface area contributed by atoms with Crippen molar-refractivity contribution >= 4 is 23.1 Å². The number of nitrogens with one attached hydrogen (secondary N) is 2. The Morgan fingerprint density at radius 2 is 1.63 bits per heavy atom. The number of hydrogen-bond donors (Lipinski definition) is 2. The molecule has 4 rings (SSSR count). The third-order valence-electron chi connectivity index (χ3n) is 4.31. The molecule has 2 heterocycles. The van der Waals surface area contributed by atoms with Gasteiger partial charge in [0, 0.05) is 29.2 Å². The van der Waals surface area contributed by atoms with Gasteiger partial charge in [0.15, 0.2) is 11.5 Å². The Hall–Kier alpha value is -3.28. The van der Waals surface area contributed by atoms with E-state index in [1.54, 1.807) is 0 Å². The van der Waals surface area contributed by atoms with E-state index in [1.807, 2.05) is 31.2 Å². The van der Waals surface area contributed by atoms with Crippen LogP contribution in [-0.2, 0) is 0 Å². The van der Waals surface area contributed by atoms with E-state index in [1.165, 1.54) is 11.1 Å². The van der Waals surface area contributed by atoms with Gasteiger partial charge in [0.25, 0.3) is 0 Å². The second-order valence-corrected chi connectivity index (χ2v) is 6.64. The summed E-state index contributed by atoms with van der Waals surface area (Å²) in [5.41, 5.74) is 5.13. The van der Waals surface area contributed by atoms with E-state index in [9.17, 15) is 0 Å². The average Bonchev–Trinajstić information content (AvgIpc) is 2.64. The van der Waals surface area contributed by atoms with Gasteiger partial charge in [0.2, 0.25) is 5.95 Å². The molecule has 0 amide bonds. The van der Waals surface area contributed by atoms with E-state index in [0.29, 0.717) is 19.2 Å². The van der Waals surface area contributed by atoms with Crippen molar-refractivity contribution in [3.8, 4) is 11.5 Å². The summed E-state index contributed by atoms with van der Waals surface area (Å²) in [6, 6.07) is 14.0. The summed E-state index contributed by atoms with van der Waals surface area (Å²) in [4.78, 5) is 9.09. The molecule has 1 aliphatic rings. The van der Waals surface area contributed by atoms with Crippen LogP contribution in [0.2, 0.25) is 0 Å². The van der Waals surface area contributed by atoms with Crippen molar-refractivity contribution in [1.82, 2.24) is 9.97 Å². The first kappa shape index (κ1) is 17.1. The molecule has 0 aliphatic carbocycles. The van der Waals surface area contributed by atoms with Crippen molar-refractivity contribution in [2.24, 2.45) is 0 Å². The Kier molecular flexibility index (Phi) is 4.54. The lowest BCUT2D eigenvalue weighted by molar-refractivity contribution is 0.171. The molecule has 0 fully saturated rings. The van der Waals surface area contributed by atoms with Gasteiger partial charge in [-0.05, 0) is 50.1 Å². The number of rotatable bonds is 4. The predicted octanol–water partition coefficient (Wildman–Crippen LogP) is 4.66. The van der Waals surface area contributed by atoms with Crippen molar-refractivity contribution in [1.29, 1.82) is 0 Å². The predicted molar refractivity (Wildman–Crippen MR) is 107 cm³/mol. The smallest absolute Gasteiger partial charge is 0.229 e. The fourth-order valence-electron chi connectivity index (χ4n) is 2.95. The van der Waals surface area contributed by atoms with E-state index in [4.69, 9.17) is 9.47 Å². The van der Waals surface area contributed by atoms with Gasteiger partial charge in [-0.2, -0.15) is 4.98 Å². The lowest BCUT2D eigenvalue weighted by Crippen LogP contribution is -2.15. The van der Waals surface area contributed by atoms with Gasteiger partial charge in [0.1, 0.15) is 19.0 Å². The Morgan fingerprint density at radius 3 is 2.48 bits per heavy atom. The maximum Gasteiger partial charge on any atom is 0.229 e. The van der Waals surface area contributed by atoms with Crippen LogP contribution >= 0.6 is 0 Å². The highest BCUT2D eigenvalue weighted by molar-refractivity contribution is 5.64. The molecule has 0 radical (unpaired) electrons. The van der Waals surface area contributed by atoms with Crippen LogP contribution in [0, 0.1) is 20.8 Å². The number of hydrogen-bond acceptors (Lipinski definition) is 6. The SMILES string of the molecule is Cc1ccc(C)c(Nc2cc(C)nc(Nc3ccc4c(c3)OCCO4)n2)c1. The molecule has 6 heteroatoms. The summed E-state index contributed by atoms with van der Waals surface area (Å²) in [5.74, 6) is 2.76. The molecule has 0 saturated carbocycles. The summed E-state index contributed by atoms with van der Waals surface area (Å²) in [5, 5.41) is 6.64. The second kappa shape index (κ2) is 7.15. The lowest BCUT2D eigenvalue weighted by Gasteiger charge is -2.19. The summed E-state index contributed by atoms with van der Waals surface area (Å²) in [6.07, 6.45) is 0. The number of benzene rings is 2. The molecular weight excluding hydrogens is 340 g/mol. The Morgan fingerprint density at radius 1 is 0.815 bits per heavy atom. The van der Waals surface area contributed by atoms with Crippen molar-refractivity contribution in [2.75, 3.05) is 23.8 Å². The number of anilines is 4. The Bertz CT molecular complexity index is 988. The minimum atomic E-state index is 0.527. The van der Waals surface area contributed by atoms with Crippen LogP contribution in [0.3, 0.4) is 0 Å². The summed E-state index contributed by atoms with van der Waals surface area (Å²) < 4.78 is 11.2. The van der Waals surface area contributed by atoms with E-state index in [2.05, 4.69) is 52.6 Å². The van der Waals surface area contributed by atoms with E-state index in [-0.39, 0.29) is 0 Å². The van der Waals surface area contributed by atoms with Crippen LogP contribution in [0.15, 0.2) is 42.5 Å². The molecule has 2 aromatic carbocycles. The number of ether oxygens (including phenoxy) is 2. The quantitative estimate of drug-likeness (QED) is 0.703. The summed E-state index contributed by atoms with van der Waals surface area (Å²) >= 11 is 0. The first-order valence-corrected chi connectivity index (χ1v) is 8.93. The highest BCUT2D eigenvalue weighted by Crippen LogP contribution is 2.33. The highest BCUT2D eigenvalue weighted by atomic mass is 16.6. The van der Waals surface area contributed by atoms with Gasteiger partial charge >= 0.3 is 0 Å². The van der Waals surface area contributed by atoms with Gasteiger partial charge in [0.05, 0.1) is 0 Å². The van der Waals surface area contributed by atoms with Gasteiger partial charge in [-0.15, -0.1) is 0 Å². The molecule has 6 nitrogen and oxygen atoms in total. The highest BCUT2D eigenvalue weighted by Gasteiger charge is 2.12. The lowest BCUT2D eigenvalue weighted by atomic mass is 10.1. The fraction of sp³-hybridized carbons (Fsp3) is 0.238. The maximum absolute atomic E-state index is 5.63. The molecule has 0 bridgehead atoms. The molecule has 3 aromatic rings. The molecule has 0 unspecified atom stereocenters. The van der Waals surface area contributed by atoms with E-state index >= 15 is 0 Å². The standard InChI is InChI=1S/C21H22N4O2/c1-13-4-5-14(2)17(10-13)24-20-11-15(3)22-21(25-20)23-16-6-7-18-19(12-16)27-9-8-26-18/h4-7,10-12H,8-9H2,1-3H3,(H2,22,23,24,25). The minimum Gasteiger partial charge on any atom is -0.486 e. The molecule has 0 saturated heterocycles. The third-order valence-corrected chi connectivity index (χ3v) is 4.31. The van der Waals surface area contributed by atoms with Crippen LogP contribution in [0.5, 0.6) is 11.5 Å². The van der Waals surface area contributed by atoms with Crippen molar-refractivity contribution in [3.63, 3.8) is 0 Å². The number of fused-ring (bicyclic) bond motifs is 1. The van der Waals surface area contributed by atoms with E-state index in [0.717, 1.165) is 34.4 Å². The number of aryl methyl sites for hydroxylation is 3. The van der Waals surface area contributed by atoms with Crippen molar-refractivity contribution in [2.45, 2.75) is 20.8 Å². The normalized spacial score (nSPS) is 12.6. The topological polar surface area (TPSA) is 68.3 Å². The third kappa shape index (κ3) is 3.95. The first-order valence-electron chi connectivity index (χ1n) is 8.93. The van der Waals surface area contributed by atoms with Gasteiger partial charge < -0.3 is 20.1 Å². The molecule has 1 aromatic heterocycles. The summed E-state index contributed by atoms with van der Waals surface area (Å²) in [7, 11) is 0. The zero-order valence-corrected chi connectivity index (χ0v) is 15.7. The minimum absolute atomic E-state index is 0.527. The van der Waals surface area contributed by atoms with Crippen LogP contribution in [-0.4, -0.2) is 23.2 Å². The number of aromatic nitrogens is 2. The Labute approximate surface area is 158 Å². The zero-order chi connectivity index (χ0) is 18.8. The summed E-state index contributed by atoms with van der Waals surface area (Å²) in [6.45, 7) is 7.23. The molecule has 0 atom stereocenters. The fourth-order valence-corrected chi connectivity index (χ4v) is 2.95. The maximum atomic E-state index is 5.63. The van der Waals surface area contributed by atoms with Crippen LogP contribution in [0.4, 0.5) is 23.1 Å². The number of nitrogens with zero attached hydrogens (tertiary/aromatic N) is 2. The first-order chi connectivity index (χ1) is 13.1. The molecule has 1 aliphatic heterocycles. The van der Waals surface area contributed by atoms with Gasteiger partial charge in [-0.3, -0.25) is 0 Å². The van der Waals surface area contributed by atoms with Crippen molar-refractivity contribution in [3.05, 3.63) is 59.3 Å². The zero-order valence-electron chi connectivity index (χ0n) is 15.7. The molecule has 2 N–H and O–H groups in total. The van der Waals surface area contributed by atoms with Crippen LogP contribution < -0.4 is 20.1 Å². The largest absolute Gasteiger partial charge is 0.486 e. The molecule has 0 spiro atoms. The Balaban J connectivity index is 1.58. The van der Waals surface area contributed by atoms with Crippen LogP contribution in [0.25, 0.3) is 0 Å².